The summed E-state index contributed by atoms with van der Waals surface area (Å²) in [5, 5.41) is 12.8. The standard InChI is InChI=1S/C16H17NO3/c18-14(10-17-16(19)15-5-2-8-20-15)13-7-6-11-3-1-4-12(11)9-13/h2,5-9,14,18H,1,3-4,10H2,(H,17,19). The van der Waals surface area contributed by atoms with Gasteiger partial charge >= 0.3 is 0 Å². The number of aryl methyl sites for hydroxylation is 2. The van der Waals surface area contributed by atoms with E-state index < -0.39 is 6.10 Å². The summed E-state index contributed by atoms with van der Waals surface area (Å²) in [5.74, 6) is -0.0543. The Morgan fingerprint density at radius 1 is 1.30 bits per heavy atom. The van der Waals surface area contributed by atoms with Crippen LogP contribution in [-0.4, -0.2) is 17.6 Å². The Morgan fingerprint density at radius 2 is 2.15 bits per heavy atom. The van der Waals surface area contributed by atoms with Crippen molar-refractivity contribution in [3.63, 3.8) is 0 Å². The van der Waals surface area contributed by atoms with Gasteiger partial charge in [-0.1, -0.05) is 18.2 Å². The highest BCUT2D eigenvalue weighted by Gasteiger charge is 2.16. The van der Waals surface area contributed by atoms with Crippen LogP contribution < -0.4 is 5.32 Å². The second-order valence-electron chi connectivity index (χ2n) is 5.08. The molecule has 0 spiro atoms. The van der Waals surface area contributed by atoms with E-state index in [0.29, 0.717) is 0 Å². The van der Waals surface area contributed by atoms with Crippen LogP contribution in [0, 0.1) is 0 Å². The predicted octanol–water partition coefficient (Wildman–Crippen LogP) is 2.23. The minimum Gasteiger partial charge on any atom is -0.459 e. The third-order valence-corrected chi connectivity index (χ3v) is 3.71. The van der Waals surface area contributed by atoms with E-state index in [1.165, 1.54) is 23.8 Å². The number of carbonyl (C=O) groups excluding carboxylic acids is 1. The second-order valence-corrected chi connectivity index (χ2v) is 5.08. The van der Waals surface area contributed by atoms with E-state index in [1.807, 2.05) is 12.1 Å². The van der Waals surface area contributed by atoms with Crippen molar-refractivity contribution in [3.05, 3.63) is 59.0 Å². The summed E-state index contributed by atoms with van der Waals surface area (Å²) < 4.78 is 5.00. The van der Waals surface area contributed by atoms with E-state index >= 15 is 0 Å². The van der Waals surface area contributed by atoms with Crippen LogP contribution in [0.1, 0.15) is 39.8 Å². The number of aliphatic hydroxyl groups excluding tert-OH is 1. The monoisotopic (exact) mass is 271 g/mol. The molecule has 1 aromatic carbocycles. The van der Waals surface area contributed by atoms with Gasteiger partial charge in [0.25, 0.3) is 5.91 Å². The average molecular weight is 271 g/mol. The van der Waals surface area contributed by atoms with Crippen LogP contribution >= 0.6 is 0 Å². The van der Waals surface area contributed by atoms with Gasteiger partial charge in [-0.25, -0.2) is 0 Å². The van der Waals surface area contributed by atoms with Gasteiger partial charge in [0, 0.05) is 6.54 Å². The number of aliphatic hydroxyl groups is 1. The van der Waals surface area contributed by atoms with Gasteiger partial charge in [-0.2, -0.15) is 0 Å². The topological polar surface area (TPSA) is 62.5 Å². The van der Waals surface area contributed by atoms with Crippen molar-refractivity contribution in [1.29, 1.82) is 0 Å². The van der Waals surface area contributed by atoms with Crippen molar-refractivity contribution in [2.45, 2.75) is 25.4 Å². The maximum atomic E-state index is 11.7. The number of rotatable bonds is 4. The first-order chi connectivity index (χ1) is 9.74. The summed E-state index contributed by atoms with van der Waals surface area (Å²) in [6.45, 7) is 0.179. The highest BCUT2D eigenvalue weighted by molar-refractivity contribution is 5.91. The molecule has 1 amide bonds. The molecule has 0 aliphatic heterocycles. The van der Waals surface area contributed by atoms with Gasteiger partial charge in [-0.05, 0) is 48.1 Å². The lowest BCUT2D eigenvalue weighted by Crippen LogP contribution is -2.28. The Bertz CT molecular complexity index is 604. The molecule has 1 atom stereocenters. The maximum absolute atomic E-state index is 11.7. The Kier molecular flexibility index (Phi) is 3.56. The molecule has 0 fully saturated rings. The summed E-state index contributed by atoms with van der Waals surface area (Å²) in [6.07, 6.45) is 4.14. The molecule has 2 N–H and O–H groups in total. The molecule has 2 aromatic rings. The Balaban J connectivity index is 1.62. The molecule has 0 bridgehead atoms. The van der Waals surface area contributed by atoms with Crippen LogP contribution in [-0.2, 0) is 12.8 Å². The van der Waals surface area contributed by atoms with Crippen LogP contribution in [0.5, 0.6) is 0 Å². The van der Waals surface area contributed by atoms with Gasteiger partial charge < -0.3 is 14.8 Å². The zero-order chi connectivity index (χ0) is 13.9. The Morgan fingerprint density at radius 3 is 2.95 bits per heavy atom. The molecule has 1 aliphatic rings. The number of benzene rings is 1. The summed E-state index contributed by atoms with van der Waals surface area (Å²) >= 11 is 0. The largest absolute Gasteiger partial charge is 0.459 e. The van der Waals surface area contributed by atoms with Crippen LogP contribution in [0.3, 0.4) is 0 Å². The lowest BCUT2D eigenvalue weighted by Gasteiger charge is -2.13. The number of amides is 1. The number of nitrogens with one attached hydrogen (secondary N) is 1. The third-order valence-electron chi connectivity index (χ3n) is 3.71. The van der Waals surface area contributed by atoms with Gasteiger partial charge in [0.05, 0.1) is 12.4 Å². The first kappa shape index (κ1) is 12.9. The van der Waals surface area contributed by atoms with Crippen molar-refractivity contribution >= 4 is 5.91 Å². The molecule has 4 nitrogen and oxygen atoms in total. The number of furan rings is 1. The molecule has 20 heavy (non-hydrogen) atoms. The molecule has 1 aromatic heterocycles. The molecular weight excluding hydrogens is 254 g/mol. The molecule has 0 saturated carbocycles. The zero-order valence-electron chi connectivity index (χ0n) is 11.1. The molecule has 4 heteroatoms. The lowest BCUT2D eigenvalue weighted by atomic mass is 10.0. The van der Waals surface area contributed by atoms with E-state index in [4.69, 9.17) is 4.42 Å². The highest BCUT2D eigenvalue weighted by Crippen LogP contribution is 2.25. The molecule has 1 aliphatic carbocycles. The van der Waals surface area contributed by atoms with Crippen molar-refractivity contribution in [2.24, 2.45) is 0 Å². The molecule has 1 heterocycles. The highest BCUT2D eigenvalue weighted by atomic mass is 16.3. The predicted molar refractivity (Wildman–Crippen MR) is 74.5 cm³/mol. The van der Waals surface area contributed by atoms with Gasteiger partial charge in [-0.3, -0.25) is 4.79 Å². The number of hydrogen-bond donors (Lipinski definition) is 2. The quantitative estimate of drug-likeness (QED) is 0.896. The smallest absolute Gasteiger partial charge is 0.287 e. The fourth-order valence-corrected chi connectivity index (χ4v) is 2.60. The molecule has 1 unspecified atom stereocenters. The second kappa shape index (κ2) is 5.51. The first-order valence-corrected chi connectivity index (χ1v) is 6.85. The number of fused-ring (bicyclic) bond motifs is 1. The summed E-state index contributed by atoms with van der Waals surface area (Å²) in [5.41, 5.74) is 3.55. The average Bonchev–Trinajstić information content (AvgIpc) is 3.13. The normalized spacial score (nSPS) is 14.8. The number of hydrogen-bond acceptors (Lipinski definition) is 3. The van der Waals surface area contributed by atoms with E-state index in [9.17, 15) is 9.90 Å². The summed E-state index contributed by atoms with van der Waals surface area (Å²) in [7, 11) is 0. The fourth-order valence-electron chi connectivity index (χ4n) is 2.60. The SMILES string of the molecule is O=C(NCC(O)c1ccc2c(c1)CCC2)c1ccco1. The molecule has 0 saturated heterocycles. The third kappa shape index (κ3) is 2.60. The lowest BCUT2D eigenvalue weighted by molar-refractivity contribution is 0.0889. The molecule has 3 rings (SSSR count). The maximum Gasteiger partial charge on any atom is 0.287 e. The van der Waals surface area contributed by atoms with Crippen LogP contribution in [0.15, 0.2) is 41.0 Å². The van der Waals surface area contributed by atoms with Gasteiger partial charge in [-0.15, -0.1) is 0 Å². The van der Waals surface area contributed by atoms with Crippen molar-refractivity contribution in [3.8, 4) is 0 Å². The van der Waals surface area contributed by atoms with Crippen LogP contribution in [0.4, 0.5) is 0 Å². The fraction of sp³-hybridized carbons (Fsp3) is 0.312. The van der Waals surface area contributed by atoms with Gasteiger partial charge in [0.15, 0.2) is 5.76 Å². The number of carbonyl (C=O) groups is 1. The van der Waals surface area contributed by atoms with E-state index in [1.54, 1.807) is 12.1 Å². The van der Waals surface area contributed by atoms with Gasteiger partial charge in [0.1, 0.15) is 0 Å². The van der Waals surface area contributed by atoms with E-state index in [0.717, 1.165) is 18.4 Å². The summed E-state index contributed by atoms with van der Waals surface area (Å²) in [6, 6.07) is 9.32. The van der Waals surface area contributed by atoms with E-state index in [-0.39, 0.29) is 18.2 Å². The van der Waals surface area contributed by atoms with Crippen molar-refractivity contribution in [2.75, 3.05) is 6.54 Å². The summed E-state index contributed by atoms with van der Waals surface area (Å²) in [4.78, 5) is 11.7. The molecular formula is C16H17NO3. The zero-order valence-corrected chi connectivity index (χ0v) is 11.1. The molecule has 0 radical (unpaired) electrons. The molecule has 104 valence electrons. The van der Waals surface area contributed by atoms with Crippen LogP contribution in [0.25, 0.3) is 0 Å². The van der Waals surface area contributed by atoms with Gasteiger partial charge in [0.2, 0.25) is 0 Å². The minimum atomic E-state index is -0.695. The van der Waals surface area contributed by atoms with Crippen molar-refractivity contribution in [1.82, 2.24) is 5.32 Å². The van der Waals surface area contributed by atoms with Crippen LogP contribution in [0.2, 0.25) is 0 Å². The Labute approximate surface area is 117 Å². The Hall–Kier alpha value is -2.07. The first-order valence-electron chi connectivity index (χ1n) is 6.85. The minimum absolute atomic E-state index is 0.179. The van der Waals surface area contributed by atoms with Crippen molar-refractivity contribution < 1.29 is 14.3 Å². The van der Waals surface area contributed by atoms with E-state index in [2.05, 4.69) is 11.4 Å².